The van der Waals surface area contributed by atoms with E-state index in [4.69, 9.17) is 26.8 Å². The Morgan fingerprint density at radius 3 is 2.95 bits per heavy atom. The Morgan fingerprint density at radius 2 is 2.37 bits per heavy atom. The Labute approximate surface area is 117 Å². The molecule has 0 radical (unpaired) electrons. The lowest BCUT2D eigenvalue weighted by Crippen LogP contribution is -2.29. The number of nitrogens with two attached hydrogens (primary N) is 1. The van der Waals surface area contributed by atoms with Crippen LogP contribution in [0.1, 0.15) is 12.8 Å². The van der Waals surface area contributed by atoms with Gasteiger partial charge in [-0.05, 0) is 31.0 Å². The van der Waals surface area contributed by atoms with E-state index in [1.165, 1.54) is 0 Å². The first-order valence-electron chi connectivity index (χ1n) is 6.14. The number of hydrogen-bond acceptors (Lipinski definition) is 4. The van der Waals surface area contributed by atoms with E-state index >= 15 is 0 Å². The third-order valence-corrected chi connectivity index (χ3v) is 3.38. The standard InChI is InChI=1S/C13H17ClN2O3/c1-18-11-4-2-8(6-10(11)14)16-13(17)12-5-3-9(7-15)19-12/h2,4,6,9,12H,3,5,7,15H2,1H3,(H,16,17)/t9-,12+/m1/s1. The first kappa shape index (κ1) is 14.1. The minimum absolute atomic E-state index is 0.0183. The van der Waals surface area contributed by atoms with Gasteiger partial charge in [-0.3, -0.25) is 4.79 Å². The zero-order chi connectivity index (χ0) is 13.8. The molecule has 0 bridgehead atoms. The second kappa shape index (κ2) is 6.23. The summed E-state index contributed by atoms with van der Waals surface area (Å²) in [6, 6.07) is 5.09. The molecule has 3 N–H and O–H groups in total. The number of benzene rings is 1. The fourth-order valence-corrected chi connectivity index (χ4v) is 2.30. The molecule has 1 fully saturated rings. The largest absolute Gasteiger partial charge is 0.495 e. The average Bonchev–Trinajstić information content (AvgIpc) is 2.88. The third kappa shape index (κ3) is 3.37. The molecule has 2 atom stereocenters. The quantitative estimate of drug-likeness (QED) is 0.884. The number of amides is 1. The number of nitrogens with one attached hydrogen (secondary N) is 1. The number of rotatable bonds is 4. The number of ether oxygens (including phenoxy) is 2. The van der Waals surface area contributed by atoms with Crippen molar-refractivity contribution in [2.45, 2.75) is 25.0 Å². The number of hydrogen-bond donors (Lipinski definition) is 2. The van der Waals surface area contributed by atoms with Crippen LogP contribution in [0, 0.1) is 0 Å². The van der Waals surface area contributed by atoms with Gasteiger partial charge < -0.3 is 20.5 Å². The fraction of sp³-hybridized carbons (Fsp3) is 0.462. The lowest BCUT2D eigenvalue weighted by molar-refractivity contribution is -0.126. The van der Waals surface area contributed by atoms with Crippen LogP contribution in [0.2, 0.25) is 5.02 Å². The van der Waals surface area contributed by atoms with Gasteiger partial charge in [0.25, 0.3) is 5.91 Å². The van der Waals surface area contributed by atoms with Crippen LogP contribution in [0.5, 0.6) is 5.75 Å². The minimum Gasteiger partial charge on any atom is -0.495 e. The van der Waals surface area contributed by atoms with Crippen LogP contribution in [0.15, 0.2) is 18.2 Å². The number of methoxy groups -OCH3 is 1. The maximum Gasteiger partial charge on any atom is 0.253 e. The minimum atomic E-state index is -0.436. The molecule has 104 valence electrons. The van der Waals surface area contributed by atoms with Gasteiger partial charge in [-0.15, -0.1) is 0 Å². The van der Waals surface area contributed by atoms with E-state index in [9.17, 15) is 4.79 Å². The maximum absolute atomic E-state index is 12.0. The van der Waals surface area contributed by atoms with Gasteiger partial charge in [0.2, 0.25) is 0 Å². The summed E-state index contributed by atoms with van der Waals surface area (Å²) in [6.07, 6.45) is 1.06. The van der Waals surface area contributed by atoms with Crippen LogP contribution < -0.4 is 15.8 Å². The summed E-state index contributed by atoms with van der Waals surface area (Å²) in [6.45, 7) is 0.443. The zero-order valence-electron chi connectivity index (χ0n) is 10.7. The van der Waals surface area contributed by atoms with E-state index in [2.05, 4.69) is 5.32 Å². The molecule has 1 aliphatic rings. The van der Waals surface area contributed by atoms with Gasteiger partial charge in [0.05, 0.1) is 18.2 Å². The molecule has 0 saturated carbocycles. The summed E-state index contributed by atoms with van der Waals surface area (Å²) in [5, 5.41) is 3.23. The molecule has 5 nitrogen and oxygen atoms in total. The summed E-state index contributed by atoms with van der Waals surface area (Å²) in [5.41, 5.74) is 6.13. The molecule has 1 aliphatic heterocycles. The Balaban J connectivity index is 1.97. The molecule has 1 amide bonds. The van der Waals surface area contributed by atoms with Crippen molar-refractivity contribution in [1.82, 2.24) is 0 Å². The summed E-state index contributed by atoms with van der Waals surface area (Å²) in [5.74, 6) is 0.400. The van der Waals surface area contributed by atoms with Gasteiger partial charge in [0.15, 0.2) is 0 Å². The number of carbonyl (C=O) groups excluding carboxylic acids is 1. The monoisotopic (exact) mass is 284 g/mol. The van der Waals surface area contributed by atoms with E-state index in [1.807, 2.05) is 0 Å². The fourth-order valence-electron chi connectivity index (χ4n) is 2.04. The van der Waals surface area contributed by atoms with E-state index in [0.717, 1.165) is 6.42 Å². The highest BCUT2D eigenvalue weighted by Crippen LogP contribution is 2.28. The molecule has 0 aromatic heterocycles. The number of anilines is 1. The maximum atomic E-state index is 12.0. The van der Waals surface area contributed by atoms with Crippen LogP contribution in [0.3, 0.4) is 0 Å². The lowest BCUT2D eigenvalue weighted by Gasteiger charge is -2.13. The highest BCUT2D eigenvalue weighted by atomic mass is 35.5. The smallest absolute Gasteiger partial charge is 0.253 e. The van der Waals surface area contributed by atoms with Crippen LogP contribution >= 0.6 is 11.6 Å². The first-order chi connectivity index (χ1) is 9.13. The van der Waals surface area contributed by atoms with E-state index < -0.39 is 6.10 Å². The highest BCUT2D eigenvalue weighted by Gasteiger charge is 2.29. The van der Waals surface area contributed by atoms with Crippen LogP contribution in [-0.2, 0) is 9.53 Å². The molecule has 1 aromatic rings. The van der Waals surface area contributed by atoms with E-state index in [0.29, 0.717) is 29.4 Å². The van der Waals surface area contributed by atoms with Crippen molar-refractivity contribution in [1.29, 1.82) is 0 Å². The molecular formula is C13H17ClN2O3. The average molecular weight is 285 g/mol. The normalized spacial score (nSPS) is 22.3. The van der Waals surface area contributed by atoms with Crippen LogP contribution in [0.25, 0.3) is 0 Å². The predicted octanol–water partition coefficient (Wildman–Crippen LogP) is 1.79. The lowest BCUT2D eigenvalue weighted by atomic mass is 10.2. The number of halogens is 1. The molecule has 6 heteroatoms. The highest BCUT2D eigenvalue weighted by molar-refractivity contribution is 6.32. The molecule has 0 unspecified atom stereocenters. The van der Waals surface area contributed by atoms with Gasteiger partial charge in [-0.1, -0.05) is 11.6 Å². The summed E-state index contributed by atoms with van der Waals surface area (Å²) >= 11 is 5.99. The molecule has 19 heavy (non-hydrogen) atoms. The second-order valence-electron chi connectivity index (χ2n) is 4.40. The first-order valence-corrected chi connectivity index (χ1v) is 6.51. The van der Waals surface area contributed by atoms with Gasteiger partial charge in [0.1, 0.15) is 11.9 Å². The van der Waals surface area contributed by atoms with E-state index in [1.54, 1.807) is 25.3 Å². The van der Waals surface area contributed by atoms with E-state index in [-0.39, 0.29) is 12.0 Å². The van der Waals surface area contributed by atoms with Gasteiger partial charge in [-0.2, -0.15) is 0 Å². The summed E-state index contributed by atoms with van der Waals surface area (Å²) in [7, 11) is 1.54. The summed E-state index contributed by atoms with van der Waals surface area (Å²) in [4.78, 5) is 12.0. The Kier molecular flexibility index (Phi) is 4.63. The van der Waals surface area contributed by atoms with Crippen molar-refractivity contribution >= 4 is 23.2 Å². The molecule has 0 aliphatic carbocycles. The summed E-state index contributed by atoms with van der Waals surface area (Å²) < 4.78 is 10.6. The Bertz CT molecular complexity index is 467. The Morgan fingerprint density at radius 1 is 1.58 bits per heavy atom. The zero-order valence-corrected chi connectivity index (χ0v) is 11.4. The van der Waals surface area contributed by atoms with Gasteiger partial charge >= 0.3 is 0 Å². The third-order valence-electron chi connectivity index (χ3n) is 3.08. The predicted molar refractivity (Wildman–Crippen MR) is 73.6 cm³/mol. The van der Waals surface area contributed by atoms with Crippen molar-refractivity contribution < 1.29 is 14.3 Å². The molecular weight excluding hydrogens is 268 g/mol. The van der Waals surface area contributed by atoms with Crippen molar-refractivity contribution in [2.75, 3.05) is 19.0 Å². The number of carbonyl (C=O) groups is 1. The van der Waals surface area contributed by atoms with Gasteiger partial charge in [0, 0.05) is 12.2 Å². The van der Waals surface area contributed by atoms with Crippen LogP contribution in [-0.4, -0.2) is 31.8 Å². The second-order valence-corrected chi connectivity index (χ2v) is 4.81. The molecule has 1 aromatic carbocycles. The van der Waals surface area contributed by atoms with Crippen molar-refractivity contribution in [3.8, 4) is 5.75 Å². The van der Waals surface area contributed by atoms with Crippen molar-refractivity contribution in [3.63, 3.8) is 0 Å². The molecule has 1 heterocycles. The SMILES string of the molecule is COc1ccc(NC(=O)[C@@H]2CC[C@H](CN)O2)cc1Cl. The van der Waals surface area contributed by atoms with Gasteiger partial charge in [-0.25, -0.2) is 0 Å². The molecule has 1 saturated heterocycles. The topological polar surface area (TPSA) is 73.6 Å². The Hall–Kier alpha value is -1.30. The van der Waals surface area contributed by atoms with Crippen molar-refractivity contribution in [2.24, 2.45) is 5.73 Å². The molecule has 0 spiro atoms. The molecule has 2 rings (SSSR count). The van der Waals surface area contributed by atoms with Crippen LogP contribution in [0.4, 0.5) is 5.69 Å². The van der Waals surface area contributed by atoms with Crippen molar-refractivity contribution in [3.05, 3.63) is 23.2 Å².